The van der Waals surface area contributed by atoms with E-state index in [1.807, 2.05) is 0 Å². The van der Waals surface area contributed by atoms with Crippen LogP contribution < -0.4 is 20.8 Å². The lowest BCUT2D eigenvalue weighted by Gasteiger charge is -2.12. The van der Waals surface area contributed by atoms with Crippen LogP contribution in [0.15, 0.2) is 48.5 Å². The standard InChI is InChI=1S/C19H18N2O6/c22-16(9-4-10-17(23)24)20-13-6-3-5-12(11-13)18(25)21-15-8-2-1-7-14(15)19(26)27/h1-3,5-8,11H,4,9-10H2,(H,20,22)(H,21,25)(H,23,24)(H,26,27)/p-2. The number of amides is 2. The Balaban J connectivity index is 2.04. The van der Waals surface area contributed by atoms with E-state index in [1.54, 1.807) is 18.2 Å². The Hall–Kier alpha value is -3.68. The molecular formula is C19H16N2O6-2. The zero-order valence-corrected chi connectivity index (χ0v) is 14.2. The maximum absolute atomic E-state index is 12.4. The molecule has 0 saturated carbocycles. The molecule has 0 saturated heterocycles. The maximum Gasteiger partial charge on any atom is 0.255 e. The Morgan fingerprint density at radius 1 is 0.852 bits per heavy atom. The summed E-state index contributed by atoms with van der Waals surface area (Å²) >= 11 is 0. The van der Waals surface area contributed by atoms with Gasteiger partial charge >= 0.3 is 0 Å². The fourth-order valence-corrected chi connectivity index (χ4v) is 2.32. The number of aliphatic carboxylic acids is 1. The van der Waals surface area contributed by atoms with E-state index in [4.69, 9.17) is 0 Å². The largest absolute Gasteiger partial charge is 0.550 e. The van der Waals surface area contributed by atoms with Crippen LogP contribution in [0, 0.1) is 0 Å². The normalized spacial score (nSPS) is 10.1. The van der Waals surface area contributed by atoms with Crippen molar-refractivity contribution >= 4 is 35.1 Å². The van der Waals surface area contributed by atoms with E-state index < -0.39 is 23.8 Å². The van der Waals surface area contributed by atoms with E-state index in [2.05, 4.69) is 10.6 Å². The average Bonchev–Trinajstić information content (AvgIpc) is 2.61. The van der Waals surface area contributed by atoms with Gasteiger partial charge in [0.15, 0.2) is 0 Å². The molecule has 0 unspecified atom stereocenters. The number of carboxylic acids is 2. The second kappa shape index (κ2) is 9.14. The minimum absolute atomic E-state index is 0.00336. The molecule has 0 heterocycles. The smallest absolute Gasteiger partial charge is 0.255 e. The number of anilines is 2. The van der Waals surface area contributed by atoms with Gasteiger partial charge < -0.3 is 30.4 Å². The molecule has 0 bridgehead atoms. The molecule has 0 aromatic heterocycles. The van der Waals surface area contributed by atoms with Gasteiger partial charge in [-0.1, -0.05) is 24.3 Å². The zero-order chi connectivity index (χ0) is 19.8. The first kappa shape index (κ1) is 19.6. The molecule has 2 aromatic rings. The quantitative estimate of drug-likeness (QED) is 0.680. The molecule has 2 rings (SSSR count). The summed E-state index contributed by atoms with van der Waals surface area (Å²) in [7, 11) is 0. The van der Waals surface area contributed by atoms with Crippen LogP contribution in [0.3, 0.4) is 0 Å². The van der Waals surface area contributed by atoms with Crippen LogP contribution in [0.5, 0.6) is 0 Å². The van der Waals surface area contributed by atoms with Crippen molar-refractivity contribution in [3.8, 4) is 0 Å². The van der Waals surface area contributed by atoms with Gasteiger partial charge in [-0.3, -0.25) is 9.59 Å². The molecule has 0 aliphatic rings. The van der Waals surface area contributed by atoms with Gasteiger partial charge in [0, 0.05) is 29.2 Å². The molecular weight excluding hydrogens is 352 g/mol. The fraction of sp³-hybridized carbons (Fsp3) is 0.158. The molecule has 0 atom stereocenters. The van der Waals surface area contributed by atoms with Crippen LogP contribution in [-0.2, 0) is 9.59 Å². The third-order valence-corrected chi connectivity index (χ3v) is 3.59. The highest BCUT2D eigenvalue weighted by Crippen LogP contribution is 2.17. The monoisotopic (exact) mass is 368 g/mol. The number of nitrogens with one attached hydrogen (secondary N) is 2. The van der Waals surface area contributed by atoms with E-state index in [1.165, 1.54) is 30.3 Å². The van der Waals surface area contributed by atoms with Gasteiger partial charge in [-0.2, -0.15) is 0 Å². The highest BCUT2D eigenvalue weighted by molar-refractivity contribution is 6.08. The number of carbonyl (C=O) groups excluding carboxylic acids is 4. The molecule has 0 radical (unpaired) electrons. The molecule has 0 fully saturated rings. The Morgan fingerprint density at radius 3 is 2.30 bits per heavy atom. The van der Waals surface area contributed by atoms with Gasteiger partial charge in [0.1, 0.15) is 0 Å². The van der Waals surface area contributed by atoms with Gasteiger partial charge in [0.25, 0.3) is 5.91 Å². The lowest BCUT2D eigenvalue weighted by atomic mass is 10.1. The second-order valence-corrected chi connectivity index (χ2v) is 5.64. The van der Waals surface area contributed by atoms with Crippen molar-refractivity contribution in [1.29, 1.82) is 0 Å². The van der Waals surface area contributed by atoms with Crippen LogP contribution >= 0.6 is 0 Å². The second-order valence-electron chi connectivity index (χ2n) is 5.64. The third kappa shape index (κ3) is 5.96. The van der Waals surface area contributed by atoms with Crippen LogP contribution in [0.4, 0.5) is 11.4 Å². The molecule has 27 heavy (non-hydrogen) atoms. The zero-order valence-electron chi connectivity index (χ0n) is 14.2. The molecule has 8 heteroatoms. The first-order valence-corrected chi connectivity index (χ1v) is 8.08. The summed E-state index contributed by atoms with van der Waals surface area (Å²) in [4.78, 5) is 45.6. The van der Waals surface area contributed by atoms with E-state index in [-0.39, 0.29) is 36.1 Å². The summed E-state index contributed by atoms with van der Waals surface area (Å²) in [6.07, 6.45) is -0.0640. The first-order chi connectivity index (χ1) is 12.9. The van der Waals surface area contributed by atoms with Crippen LogP contribution in [0.1, 0.15) is 40.0 Å². The topological polar surface area (TPSA) is 138 Å². The molecule has 2 amide bonds. The van der Waals surface area contributed by atoms with E-state index in [9.17, 15) is 29.4 Å². The van der Waals surface area contributed by atoms with Crippen molar-refractivity contribution in [2.45, 2.75) is 19.3 Å². The van der Waals surface area contributed by atoms with Crippen molar-refractivity contribution in [3.05, 3.63) is 59.7 Å². The summed E-state index contributed by atoms with van der Waals surface area (Å²) < 4.78 is 0. The number of carboxylic acid groups (broad SMARTS) is 2. The predicted molar refractivity (Wildman–Crippen MR) is 92.7 cm³/mol. The highest BCUT2D eigenvalue weighted by atomic mass is 16.4. The van der Waals surface area contributed by atoms with Gasteiger partial charge in [0.05, 0.1) is 11.7 Å². The van der Waals surface area contributed by atoms with Crippen molar-refractivity contribution in [1.82, 2.24) is 0 Å². The van der Waals surface area contributed by atoms with E-state index in [0.29, 0.717) is 5.69 Å². The van der Waals surface area contributed by atoms with Crippen LogP contribution in [-0.4, -0.2) is 23.8 Å². The lowest BCUT2D eigenvalue weighted by molar-refractivity contribution is -0.305. The number of aromatic carboxylic acids is 1. The molecule has 0 aliphatic heterocycles. The van der Waals surface area contributed by atoms with Gasteiger partial charge in [0.2, 0.25) is 5.91 Å². The highest BCUT2D eigenvalue weighted by Gasteiger charge is 2.11. The van der Waals surface area contributed by atoms with Gasteiger partial charge in [-0.15, -0.1) is 0 Å². The van der Waals surface area contributed by atoms with Crippen LogP contribution in [0.25, 0.3) is 0 Å². The third-order valence-electron chi connectivity index (χ3n) is 3.59. The molecule has 2 aromatic carbocycles. The summed E-state index contributed by atoms with van der Waals surface area (Å²) in [6.45, 7) is 0. The molecule has 0 aliphatic carbocycles. The molecule has 0 spiro atoms. The SMILES string of the molecule is O=C([O-])CCCC(=O)Nc1cccc(C(=O)Nc2ccccc2C(=O)[O-])c1. The summed E-state index contributed by atoms with van der Waals surface area (Å²) in [5, 5.41) is 26.5. The Morgan fingerprint density at radius 2 is 1.59 bits per heavy atom. The number of benzene rings is 2. The van der Waals surface area contributed by atoms with E-state index >= 15 is 0 Å². The summed E-state index contributed by atoms with van der Waals surface area (Å²) in [6, 6.07) is 11.9. The minimum Gasteiger partial charge on any atom is -0.550 e. The summed E-state index contributed by atoms with van der Waals surface area (Å²) in [5.74, 6) is -3.59. The molecule has 2 N–H and O–H groups in total. The maximum atomic E-state index is 12.4. The Bertz CT molecular complexity index is 878. The molecule has 8 nitrogen and oxygen atoms in total. The van der Waals surface area contributed by atoms with Crippen molar-refractivity contribution in [2.75, 3.05) is 10.6 Å². The number of rotatable bonds is 8. The first-order valence-electron chi connectivity index (χ1n) is 8.08. The number of hydrogen-bond acceptors (Lipinski definition) is 6. The van der Waals surface area contributed by atoms with Crippen molar-refractivity contribution < 1.29 is 29.4 Å². The number of carbonyl (C=O) groups is 4. The fourth-order valence-electron chi connectivity index (χ4n) is 2.32. The Labute approximate surface area is 154 Å². The Kier molecular flexibility index (Phi) is 6.65. The number of para-hydroxylation sites is 1. The lowest BCUT2D eigenvalue weighted by Crippen LogP contribution is -2.24. The van der Waals surface area contributed by atoms with Crippen molar-refractivity contribution in [2.24, 2.45) is 0 Å². The average molecular weight is 368 g/mol. The van der Waals surface area contributed by atoms with Gasteiger partial charge in [-0.05, 0) is 37.1 Å². The summed E-state index contributed by atoms with van der Waals surface area (Å²) in [5.41, 5.74) is 0.507. The predicted octanol–water partition coefficient (Wildman–Crippen LogP) is 0.161. The minimum atomic E-state index is -1.41. The van der Waals surface area contributed by atoms with Gasteiger partial charge in [-0.25, -0.2) is 0 Å². The molecule has 140 valence electrons. The number of hydrogen-bond donors (Lipinski definition) is 2. The van der Waals surface area contributed by atoms with Crippen molar-refractivity contribution in [3.63, 3.8) is 0 Å². The van der Waals surface area contributed by atoms with Crippen LogP contribution in [0.2, 0.25) is 0 Å². The van der Waals surface area contributed by atoms with E-state index in [0.717, 1.165) is 0 Å².